The molecule has 2 bridgehead atoms. The van der Waals surface area contributed by atoms with E-state index in [-0.39, 0.29) is 44.7 Å². The van der Waals surface area contributed by atoms with E-state index >= 15 is 0 Å². The van der Waals surface area contributed by atoms with Gasteiger partial charge in [0.1, 0.15) is 38.2 Å². The van der Waals surface area contributed by atoms with Crippen molar-refractivity contribution in [1.82, 2.24) is 9.80 Å². The minimum Gasteiger partial charge on any atom is -0.493 e. The second kappa shape index (κ2) is 20.4. The molecule has 1 saturated heterocycles. The van der Waals surface area contributed by atoms with E-state index in [9.17, 15) is 14.9 Å². The van der Waals surface area contributed by atoms with Crippen molar-refractivity contribution < 1.29 is 47.2 Å². The fourth-order valence-electron chi connectivity index (χ4n) is 8.95. The number of fused-ring (bicyclic) bond motifs is 5. The minimum atomic E-state index is -2.60. The summed E-state index contributed by atoms with van der Waals surface area (Å²) in [5.41, 5.74) is 5.40. The first-order valence-electron chi connectivity index (χ1n) is 22.2. The Labute approximate surface area is 409 Å². The molecule has 0 radical (unpaired) electrons. The van der Waals surface area contributed by atoms with E-state index in [1.807, 2.05) is 91.5 Å². The summed E-state index contributed by atoms with van der Waals surface area (Å²) in [7, 11) is -1.03. The molecule has 1 fully saturated rings. The Morgan fingerprint density at radius 3 is 2.12 bits per heavy atom. The molecule has 0 N–H and O–H groups in total. The maximum Gasteiger partial charge on any atom is 0.410 e. The zero-order valence-electron chi connectivity index (χ0n) is 39.3. The van der Waals surface area contributed by atoms with Crippen LogP contribution in [0, 0.1) is 25.2 Å². The van der Waals surface area contributed by atoms with Gasteiger partial charge in [-0.2, -0.15) is 5.26 Å². The highest BCUT2D eigenvalue weighted by Gasteiger charge is 2.58. The van der Waals surface area contributed by atoms with Gasteiger partial charge in [0.05, 0.1) is 44.0 Å². The van der Waals surface area contributed by atoms with E-state index in [4.69, 9.17) is 72.4 Å². The molecule has 1 unspecified atom stereocenters. The first-order valence-corrected chi connectivity index (χ1v) is 26.2. The summed E-state index contributed by atoms with van der Waals surface area (Å²) in [6.07, 6.45) is -0.623. The standard InChI is InChI=1S/C50H58Cl3N3O10Si/c1-30-20-35-21-37-38(23-54)55(39(26-60-32(3)57)36-22-41(31(2)45-46(36)65-29-64-45)61-24-33-16-12-10-13-17-33)40(27-66-67(8,9)49(4,5)6)43(56(37)48(58)63-28-50(51,52)53)42(35)47(44(30)59-7)62-25-34-18-14-11-15-19-34/h10-20,22,37-40,43H,21,24-29H2,1-9H3/t37?,38-,39-,40-,43+/m0/s1. The first kappa shape index (κ1) is 50.0. The molecule has 5 atom stereocenters. The van der Waals surface area contributed by atoms with Crippen molar-refractivity contribution in [2.24, 2.45) is 0 Å². The number of amides is 1. The van der Waals surface area contributed by atoms with Crippen LogP contribution in [0.5, 0.6) is 28.7 Å². The molecule has 3 aliphatic rings. The van der Waals surface area contributed by atoms with Crippen LogP contribution in [-0.2, 0) is 38.3 Å². The van der Waals surface area contributed by atoms with Crippen LogP contribution in [0.2, 0.25) is 18.1 Å². The summed E-state index contributed by atoms with van der Waals surface area (Å²) >= 11 is 18.6. The molecule has 67 heavy (non-hydrogen) atoms. The first-order chi connectivity index (χ1) is 31.7. The van der Waals surface area contributed by atoms with Crippen molar-refractivity contribution in [3.63, 3.8) is 0 Å². The van der Waals surface area contributed by atoms with Gasteiger partial charge in [0.2, 0.25) is 10.6 Å². The Hall–Kier alpha value is -4.88. The Bertz CT molecular complexity index is 2480. The summed E-state index contributed by atoms with van der Waals surface area (Å²) in [6.45, 7) is 15.4. The molecule has 4 aromatic carbocycles. The molecule has 0 aliphatic carbocycles. The molecule has 0 aromatic heterocycles. The van der Waals surface area contributed by atoms with Gasteiger partial charge in [-0.3, -0.25) is 14.6 Å². The number of piperazine rings is 1. The number of rotatable bonds is 15. The van der Waals surface area contributed by atoms with Gasteiger partial charge in [-0.25, -0.2) is 4.79 Å². The highest BCUT2D eigenvalue weighted by molar-refractivity contribution is 6.74. The molecule has 358 valence electrons. The van der Waals surface area contributed by atoms with Crippen molar-refractivity contribution in [1.29, 1.82) is 5.26 Å². The maximum atomic E-state index is 14.9. The average molecular weight is 995 g/mol. The Balaban J connectivity index is 1.49. The number of esters is 1. The van der Waals surface area contributed by atoms with E-state index < -0.39 is 61.0 Å². The zero-order chi connectivity index (χ0) is 48.4. The number of methoxy groups -OCH3 is 1. The monoisotopic (exact) mass is 993 g/mol. The van der Waals surface area contributed by atoms with E-state index in [1.165, 1.54) is 6.92 Å². The van der Waals surface area contributed by atoms with Gasteiger partial charge >= 0.3 is 12.1 Å². The van der Waals surface area contributed by atoms with Crippen LogP contribution in [0.3, 0.4) is 0 Å². The predicted octanol–water partition coefficient (Wildman–Crippen LogP) is 10.9. The summed E-state index contributed by atoms with van der Waals surface area (Å²) < 4.78 is 48.9. The van der Waals surface area contributed by atoms with Crippen molar-refractivity contribution in [3.8, 4) is 34.8 Å². The van der Waals surface area contributed by atoms with Crippen molar-refractivity contribution in [2.75, 3.05) is 33.7 Å². The number of carbonyl (C=O) groups is 2. The fraction of sp³-hybridized carbons (Fsp3) is 0.460. The molecule has 4 aromatic rings. The highest BCUT2D eigenvalue weighted by Crippen LogP contribution is 2.55. The molecule has 3 heterocycles. The molecule has 1 amide bonds. The third kappa shape index (κ3) is 10.7. The van der Waals surface area contributed by atoms with E-state index in [0.717, 1.165) is 22.3 Å². The van der Waals surface area contributed by atoms with E-state index in [0.29, 0.717) is 45.4 Å². The molecule has 13 nitrogen and oxygen atoms in total. The number of hydrogen-bond donors (Lipinski definition) is 0. The van der Waals surface area contributed by atoms with E-state index in [2.05, 4.69) is 39.9 Å². The topological polar surface area (TPSA) is 138 Å². The number of alkyl halides is 3. The van der Waals surface area contributed by atoms with Crippen LogP contribution in [0.25, 0.3) is 0 Å². The smallest absolute Gasteiger partial charge is 0.410 e. The van der Waals surface area contributed by atoms with Gasteiger partial charge in [-0.05, 0) is 66.7 Å². The largest absolute Gasteiger partial charge is 0.493 e. The quantitative estimate of drug-likeness (QED) is 0.0636. The second-order valence-electron chi connectivity index (χ2n) is 18.6. The van der Waals surface area contributed by atoms with Crippen LogP contribution in [0.15, 0.2) is 72.8 Å². The van der Waals surface area contributed by atoms with Crippen LogP contribution in [-0.4, -0.2) is 85.8 Å². The lowest BCUT2D eigenvalue weighted by molar-refractivity contribution is -0.146. The van der Waals surface area contributed by atoms with Crippen molar-refractivity contribution >= 4 is 55.2 Å². The number of carbonyl (C=O) groups excluding carboxylic acids is 2. The summed E-state index contributed by atoms with van der Waals surface area (Å²) in [5.74, 6) is 1.74. The molecular formula is C50H58Cl3N3O10Si. The molecule has 7 rings (SSSR count). The van der Waals surface area contributed by atoms with Crippen LogP contribution in [0.1, 0.15) is 78.7 Å². The zero-order valence-corrected chi connectivity index (χ0v) is 42.6. The molecule has 3 aliphatic heterocycles. The number of aryl methyl sites for hydroxylation is 1. The number of ether oxygens (including phenoxy) is 7. The van der Waals surface area contributed by atoms with Crippen LogP contribution >= 0.6 is 34.8 Å². The lowest BCUT2D eigenvalue weighted by Crippen LogP contribution is -2.70. The lowest BCUT2D eigenvalue weighted by atomic mass is 9.76. The maximum absolute atomic E-state index is 14.9. The van der Waals surface area contributed by atoms with Gasteiger partial charge in [0.15, 0.2) is 31.3 Å². The Kier molecular flexibility index (Phi) is 15.2. The minimum absolute atomic E-state index is 0.00734. The summed E-state index contributed by atoms with van der Waals surface area (Å²) in [5, 5.41) is 11.4. The Morgan fingerprint density at radius 2 is 1.54 bits per heavy atom. The lowest BCUT2D eigenvalue weighted by Gasteiger charge is -2.58. The Morgan fingerprint density at radius 1 is 0.910 bits per heavy atom. The van der Waals surface area contributed by atoms with Crippen LogP contribution < -0.4 is 23.7 Å². The number of hydrogen-bond acceptors (Lipinski definition) is 12. The van der Waals surface area contributed by atoms with Gasteiger partial charge in [-0.15, -0.1) is 0 Å². The molecule has 0 saturated carbocycles. The number of benzene rings is 4. The fourth-order valence-corrected chi connectivity index (χ4v) is 10.1. The SMILES string of the molecule is COc1c(C)cc2c(c1OCc1ccccc1)[C@H]1[C@H](CO[Si](C)(C)C(C)(C)C)N([C@@H](COC(C)=O)c3cc(OCc4ccccc4)c(C)c4c3OCO4)[C@@H](C#N)C(C2)N1C(=O)OCC(Cl)(Cl)Cl. The van der Waals surface area contributed by atoms with Crippen LogP contribution in [0.4, 0.5) is 4.79 Å². The number of nitriles is 1. The second-order valence-corrected chi connectivity index (χ2v) is 25.9. The number of nitrogens with zero attached hydrogens (tertiary/aromatic N) is 3. The van der Waals surface area contributed by atoms with E-state index in [1.54, 1.807) is 12.0 Å². The molecule has 0 spiro atoms. The molecular weight excluding hydrogens is 937 g/mol. The normalized spacial score (nSPS) is 19.5. The van der Waals surface area contributed by atoms with Gasteiger partial charge in [0, 0.05) is 23.6 Å². The molecule has 17 heteroatoms. The third-order valence-electron chi connectivity index (χ3n) is 13.2. The van der Waals surface area contributed by atoms with Crippen molar-refractivity contribution in [2.45, 2.75) is 113 Å². The summed E-state index contributed by atoms with van der Waals surface area (Å²) in [4.78, 5) is 31.4. The van der Waals surface area contributed by atoms with Crippen molar-refractivity contribution in [3.05, 3.63) is 112 Å². The van der Waals surface area contributed by atoms with Gasteiger partial charge in [0.25, 0.3) is 0 Å². The third-order valence-corrected chi connectivity index (χ3v) is 18.0. The van der Waals surface area contributed by atoms with Gasteiger partial charge in [-0.1, -0.05) is 122 Å². The predicted molar refractivity (Wildman–Crippen MR) is 258 cm³/mol. The van der Waals surface area contributed by atoms with Gasteiger partial charge < -0.3 is 37.6 Å². The average Bonchev–Trinajstić information content (AvgIpc) is 3.78. The summed E-state index contributed by atoms with van der Waals surface area (Å²) in [6, 6.07) is 21.3. The highest BCUT2D eigenvalue weighted by atomic mass is 35.6. The number of halogens is 3.